The normalized spacial score (nSPS) is 11.6. The molecule has 1 rings (SSSR count). The summed E-state index contributed by atoms with van der Waals surface area (Å²) < 4.78 is 21.6. The van der Waals surface area contributed by atoms with Gasteiger partial charge < -0.3 is 0 Å². The lowest BCUT2D eigenvalue weighted by Gasteiger charge is -1.99. The van der Waals surface area contributed by atoms with Crippen molar-refractivity contribution in [3.05, 3.63) is 28.8 Å². The van der Waals surface area contributed by atoms with Gasteiger partial charge >= 0.3 is 0 Å². The Morgan fingerprint density at radius 2 is 2.17 bits per heavy atom. The number of aryl methyl sites for hydroxylation is 1. The lowest BCUT2D eigenvalue weighted by molar-refractivity contribution is 0.597. The molecule has 2 N–H and O–H groups in total. The largest absolute Gasteiger partial charge is 0.238 e. The van der Waals surface area contributed by atoms with Gasteiger partial charge in [0.2, 0.25) is 10.0 Å². The van der Waals surface area contributed by atoms with Gasteiger partial charge in [0.25, 0.3) is 0 Å². The molecule has 0 saturated heterocycles. The summed E-state index contributed by atoms with van der Waals surface area (Å²) in [7, 11) is -3.66. The van der Waals surface area contributed by atoms with Crippen LogP contribution in [0.1, 0.15) is 5.56 Å². The second-order valence-corrected chi connectivity index (χ2v) is 4.31. The minimum absolute atomic E-state index is 0.0376. The van der Waals surface area contributed by atoms with E-state index in [0.717, 1.165) is 0 Å². The van der Waals surface area contributed by atoms with Gasteiger partial charge in [-0.25, -0.2) is 13.6 Å². The summed E-state index contributed by atoms with van der Waals surface area (Å²) in [6.07, 6.45) is 0. The van der Waals surface area contributed by atoms with Gasteiger partial charge in [0, 0.05) is 11.1 Å². The standard InChI is InChI=1S/C7H7ClNO2S/c1-5-4-6(12(9,10)11)2-3-7(5)8/h3-4H,1H3,(H2,9,10,11). The Bertz CT molecular complexity index is 400. The first-order valence-electron chi connectivity index (χ1n) is 3.12. The molecule has 0 aliphatic heterocycles. The number of primary sulfonamides is 1. The number of sulfonamides is 1. The van der Waals surface area contributed by atoms with E-state index in [1.54, 1.807) is 6.92 Å². The maximum absolute atomic E-state index is 10.8. The zero-order valence-corrected chi connectivity index (χ0v) is 7.91. The topological polar surface area (TPSA) is 60.2 Å². The predicted octanol–water partition coefficient (Wildman–Crippen LogP) is 1.10. The van der Waals surface area contributed by atoms with E-state index in [0.29, 0.717) is 10.6 Å². The van der Waals surface area contributed by atoms with E-state index in [2.05, 4.69) is 6.07 Å². The van der Waals surface area contributed by atoms with Gasteiger partial charge in [-0.2, -0.15) is 0 Å². The lowest BCUT2D eigenvalue weighted by atomic mass is 10.2. The van der Waals surface area contributed by atoms with E-state index in [4.69, 9.17) is 16.7 Å². The van der Waals surface area contributed by atoms with Crippen LogP contribution < -0.4 is 5.14 Å². The molecule has 12 heavy (non-hydrogen) atoms. The number of halogens is 1. The predicted molar refractivity (Wildman–Crippen MR) is 46.4 cm³/mol. The third kappa shape index (κ3) is 1.97. The van der Waals surface area contributed by atoms with Gasteiger partial charge in [0.15, 0.2) is 0 Å². The fourth-order valence-corrected chi connectivity index (χ4v) is 1.39. The Hall–Kier alpha value is -0.580. The molecule has 0 fully saturated rings. The molecule has 0 heterocycles. The molecule has 1 aromatic rings. The van der Waals surface area contributed by atoms with Crippen LogP contribution in [0.5, 0.6) is 0 Å². The van der Waals surface area contributed by atoms with Gasteiger partial charge in [0.05, 0.1) is 4.90 Å². The lowest BCUT2D eigenvalue weighted by Crippen LogP contribution is -2.12. The van der Waals surface area contributed by atoms with E-state index >= 15 is 0 Å². The monoisotopic (exact) mass is 204 g/mol. The number of hydrogen-bond acceptors (Lipinski definition) is 2. The highest BCUT2D eigenvalue weighted by Crippen LogP contribution is 2.17. The molecule has 0 amide bonds. The summed E-state index contributed by atoms with van der Waals surface area (Å²) in [6, 6.07) is 5.24. The van der Waals surface area contributed by atoms with Crippen molar-refractivity contribution in [3.63, 3.8) is 0 Å². The van der Waals surface area contributed by atoms with Gasteiger partial charge in [-0.3, -0.25) is 0 Å². The van der Waals surface area contributed by atoms with Crippen LogP contribution in [0.3, 0.4) is 0 Å². The highest BCUT2D eigenvalue weighted by molar-refractivity contribution is 7.89. The van der Waals surface area contributed by atoms with Crippen molar-refractivity contribution in [2.45, 2.75) is 11.8 Å². The first-order chi connectivity index (χ1) is 5.41. The van der Waals surface area contributed by atoms with Crippen molar-refractivity contribution in [2.75, 3.05) is 0 Å². The van der Waals surface area contributed by atoms with E-state index in [1.165, 1.54) is 12.1 Å². The van der Waals surface area contributed by atoms with Crippen molar-refractivity contribution in [1.82, 2.24) is 0 Å². The quantitative estimate of drug-likeness (QED) is 0.745. The summed E-state index contributed by atoms with van der Waals surface area (Å²) in [5.41, 5.74) is 0.666. The SMILES string of the molecule is Cc1cc(S(N)(=O)=O)[c]cc1Cl. The van der Waals surface area contributed by atoms with E-state index < -0.39 is 10.0 Å². The highest BCUT2D eigenvalue weighted by atomic mass is 35.5. The second kappa shape index (κ2) is 3.05. The Balaban J connectivity index is 3.33. The zero-order chi connectivity index (χ0) is 9.35. The molecular weight excluding hydrogens is 198 g/mol. The summed E-state index contributed by atoms with van der Waals surface area (Å²) in [4.78, 5) is -0.0376. The Morgan fingerprint density at radius 3 is 2.58 bits per heavy atom. The third-order valence-corrected chi connectivity index (χ3v) is 2.63. The fourth-order valence-electron chi connectivity index (χ4n) is 0.720. The van der Waals surface area contributed by atoms with Gasteiger partial charge in [-0.15, -0.1) is 0 Å². The molecule has 0 saturated carbocycles. The number of hydrogen-bond donors (Lipinski definition) is 1. The number of nitrogens with two attached hydrogens (primary N) is 1. The van der Waals surface area contributed by atoms with Crippen molar-refractivity contribution in [1.29, 1.82) is 0 Å². The van der Waals surface area contributed by atoms with Crippen LogP contribution in [0.25, 0.3) is 0 Å². The molecule has 1 aromatic carbocycles. The summed E-state index contributed by atoms with van der Waals surface area (Å²) in [5, 5.41) is 5.35. The molecule has 0 aliphatic carbocycles. The summed E-state index contributed by atoms with van der Waals surface area (Å²) in [6.45, 7) is 1.70. The molecule has 1 radical (unpaired) electrons. The smallest absolute Gasteiger partial charge is 0.225 e. The van der Waals surface area contributed by atoms with Crippen molar-refractivity contribution in [3.8, 4) is 0 Å². The molecule has 0 bridgehead atoms. The molecule has 0 aromatic heterocycles. The van der Waals surface area contributed by atoms with Crippen LogP contribution in [0.4, 0.5) is 0 Å². The van der Waals surface area contributed by atoms with Crippen LogP contribution in [0.2, 0.25) is 5.02 Å². The average Bonchev–Trinajstić information content (AvgIpc) is 1.92. The van der Waals surface area contributed by atoms with Crippen LogP contribution in [0.15, 0.2) is 17.0 Å². The van der Waals surface area contributed by atoms with Crippen LogP contribution in [-0.4, -0.2) is 8.42 Å². The molecule has 65 valence electrons. The van der Waals surface area contributed by atoms with Crippen molar-refractivity contribution >= 4 is 21.6 Å². The molecule has 0 aliphatic rings. The molecule has 0 unspecified atom stereocenters. The molecule has 3 nitrogen and oxygen atoms in total. The summed E-state index contributed by atoms with van der Waals surface area (Å²) >= 11 is 5.66. The molecule has 5 heteroatoms. The summed E-state index contributed by atoms with van der Waals surface area (Å²) in [5.74, 6) is 0. The highest BCUT2D eigenvalue weighted by Gasteiger charge is 2.08. The van der Waals surface area contributed by atoms with Crippen LogP contribution in [-0.2, 0) is 10.0 Å². The molecule has 0 atom stereocenters. The first-order valence-corrected chi connectivity index (χ1v) is 5.04. The van der Waals surface area contributed by atoms with E-state index in [-0.39, 0.29) is 4.90 Å². The average molecular weight is 205 g/mol. The molecule has 0 spiro atoms. The second-order valence-electron chi connectivity index (χ2n) is 2.37. The number of rotatable bonds is 1. The molecular formula is C7H7ClNO2S. The third-order valence-electron chi connectivity index (χ3n) is 1.37. The van der Waals surface area contributed by atoms with Gasteiger partial charge in [-0.05, 0) is 24.6 Å². The van der Waals surface area contributed by atoms with E-state index in [9.17, 15) is 8.42 Å². The van der Waals surface area contributed by atoms with Crippen LogP contribution >= 0.6 is 11.6 Å². The zero-order valence-electron chi connectivity index (χ0n) is 6.33. The Labute approximate surface area is 76.2 Å². The minimum Gasteiger partial charge on any atom is -0.225 e. The van der Waals surface area contributed by atoms with Gasteiger partial charge in [-0.1, -0.05) is 11.6 Å². The van der Waals surface area contributed by atoms with Crippen molar-refractivity contribution < 1.29 is 8.42 Å². The van der Waals surface area contributed by atoms with Crippen LogP contribution in [0, 0.1) is 13.0 Å². The number of benzene rings is 1. The fraction of sp³-hybridized carbons (Fsp3) is 0.143. The maximum Gasteiger partial charge on any atom is 0.238 e. The maximum atomic E-state index is 10.8. The van der Waals surface area contributed by atoms with E-state index in [1.807, 2.05) is 0 Å². The minimum atomic E-state index is -3.66. The Kier molecular flexibility index (Phi) is 2.41. The van der Waals surface area contributed by atoms with Gasteiger partial charge in [0.1, 0.15) is 0 Å². The Morgan fingerprint density at radius 1 is 1.58 bits per heavy atom. The first kappa shape index (κ1) is 9.51. The van der Waals surface area contributed by atoms with Crippen molar-refractivity contribution in [2.24, 2.45) is 5.14 Å².